The van der Waals surface area contributed by atoms with Gasteiger partial charge in [-0.25, -0.2) is 0 Å². The van der Waals surface area contributed by atoms with E-state index in [-0.39, 0.29) is 13.2 Å². The van der Waals surface area contributed by atoms with Crippen LogP contribution in [0.5, 0.6) is 0 Å². The molecule has 30 heavy (non-hydrogen) atoms. The van der Waals surface area contributed by atoms with Gasteiger partial charge in [-0.2, -0.15) is 0 Å². The molecule has 1 aliphatic heterocycles. The number of unbranched alkanes of at least 4 members (excludes halogenated alkanes) is 16. The van der Waals surface area contributed by atoms with Crippen LogP contribution in [-0.2, 0) is 9.47 Å². The van der Waals surface area contributed by atoms with Crippen molar-refractivity contribution in [2.75, 3.05) is 19.8 Å². The number of hydrogen-bond donors (Lipinski definition) is 3. The zero-order valence-corrected chi connectivity index (χ0v) is 19.6. The molecule has 1 heterocycles. The van der Waals surface area contributed by atoms with Gasteiger partial charge in [-0.05, 0) is 6.42 Å². The van der Waals surface area contributed by atoms with Crippen molar-refractivity contribution in [3.63, 3.8) is 0 Å². The van der Waals surface area contributed by atoms with Crippen LogP contribution in [0.15, 0.2) is 0 Å². The highest BCUT2D eigenvalue weighted by Crippen LogP contribution is 2.19. The van der Waals surface area contributed by atoms with Crippen molar-refractivity contribution >= 4 is 0 Å². The summed E-state index contributed by atoms with van der Waals surface area (Å²) in [4.78, 5) is 0. The average molecular weight is 431 g/mol. The fourth-order valence-electron chi connectivity index (χ4n) is 4.26. The fraction of sp³-hybridized carbons (Fsp3) is 1.00. The lowest BCUT2D eigenvalue weighted by molar-refractivity contribution is -0.211. The van der Waals surface area contributed by atoms with Gasteiger partial charge in [-0.3, -0.25) is 0 Å². The minimum atomic E-state index is -0.985. The molecule has 0 aromatic rings. The Bertz CT molecular complexity index is 363. The zero-order valence-electron chi connectivity index (χ0n) is 19.6. The van der Waals surface area contributed by atoms with Gasteiger partial charge in [0.1, 0.15) is 24.4 Å². The van der Waals surface area contributed by atoms with Crippen LogP contribution in [0, 0.1) is 0 Å². The monoisotopic (exact) mass is 430 g/mol. The second kappa shape index (κ2) is 19.5. The van der Waals surface area contributed by atoms with Crippen molar-refractivity contribution < 1.29 is 24.8 Å². The Morgan fingerprint density at radius 3 is 1.57 bits per heavy atom. The minimum Gasteiger partial charge on any atom is -0.394 e. The molecule has 1 saturated heterocycles. The van der Waals surface area contributed by atoms with Gasteiger partial charge < -0.3 is 24.8 Å². The Morgan fingerprint density at radius 1 is 0.700 bits per heavy atom. The van der Waals surface area contributed by atoms with E-state index in [1.807, 2.05) is 0 Å². The molecule has 5 heteroatoms. The standard InChI is InChI=1S/C25H50O5/c1-2-3-4-5-6-7-8-9-10-11-12-13-14-15-16-17-18-19-29-25-23(20-26)30-21-22(27)24(25)28/h22-28H,2-21H2,1H3/t22-,23+,24+,25+/m0/s1. The maximum absolute atomic E-state index is 10.0. The highest BCUT2D eigenvalue weighted by atomic mass is 16.6. The van der Waals surface area contributed by atoms with Gasteiger partial charge in [0.05, 0.1) is 13.2 Å². The molecule has 0 aromatic carbocycles. The number of aliphatic hydroxyl groups is 3. The zero-order chi connectivity index (χ0) is 21.9. The minimum absolute atomic E-state index is 0.0470. The lowest BCUT2D eigenvalue weighted by Gasteiger charge is -2.37. The maximum Gasteiger partial charge on any atom is 0.114 e. The highest BCUT2D eigenvalue weighted by Gasteiger charge is 2.39. The van der Waals surface area contributed by atoms with Gasteiger partial charge in [0.25, 0.3) is 0 Å². The van der Waals surface area contributed by atoms with Crippen LogP contribution < -0.4 is 0 Å². The number of ether oxygens (including phenoxy) is 2. The van der Waals surface area contributed by atoms with Gasteiger partial charge in [0.2, 0.25) is 0 Å². The molecule has 0 unspecified atom stereocenters. The van der Waals surface area contributed by atoms with Crippen LogP contribution >= 0.6 is 0 Å². The van der Waals surface area contributed by atoms with E-state index in [1.165, 1.54) is 96.3 Å². The van der Waals surface area contributed by atoms with Crippen LogP contribution in [-0.4, -0.2) is 59.6 Å². The van der Waals surface area contributed by atoms with E-state index in [4.69, 9.17) is 9.47 Å². The van der Waals surface area contributed by atoms with E-state index >= 15 is 0 Å². The van der Waals surface area contributed by atoms with E-state index in [9.17, 15) is 15.3 Å². The smallest absolute Gasteiger partial charge is 0.114 e. The Kier molecular flexibility index (Phi) is 18.1. The summed E-state index contributed by atoms with van der Waals surface area (Å²) in [6.07, 6.45) is 19.6. The van der Waals surface area contributed by atoms with Crippen molar-refractivity contribution in [2.45, 2.75) is 140 Å². The molecule has 0 radical (unpaired) electrons. The molecule has 1 aliphatic rings. The molecule has 0 aromatic heterocycles. The summed E-state index contributed by atoms with van der Waals surface area (Å²) in [6, 6.07) is 0. The third kappa shape index (κ3) is 13.3. The van der Waals surface area contributed by atoms with Crippen LogP contribution in [0.4, 0.5) is 0 Å². The van der Waals surface area contributed by atoms with E-state index in [1.54, 1.807) is 0 Å². The Morgan fingerprint density at radius 2 is 1.13 bits per heavy atom. The lowest BCUT2D eigenvalue weighted by atomic mass is 10.0. The SMILES string of the molecule is CCCCCCCCCCCCCCCCCCCO[C@H]1[C@H](O)[C@@H](O)CO[C@@H]1CO. The third-order valence-corrected chi connectivity index (χ3v) is 6.32. The summed E-state index contributed by atoms with van der Waals surface area (Å²) >= 11 is 0. The normalized spacial score (nSPS) is 24.4. The molecule has 1 fully saturated rings. The van der Waals surface area contributed by atoms with Crippen molar-refractivity contribution in [3.8, 4) is 0 Å². The first-order chi connectivity index (χ1) is 14.7. The first-order valence-corrected chi connectivity index (χ1v) is 12.9. The maximum atomic E-state index is 10.0. The quantitative estimate of drug-likeness (QED) is 0.233. The van der Waals surface area contributed by atoms with Crippen LogP contribution in [0.2, 0.25) is 0 Å². The highest BCUT2D eigenvalue weighted by molar-refractivity contribution is 4.87. The predicted molar refractivity (Wildman–Crippen MR) is 123 cm³/mol. The summed E-state index contributed by atoms with van der Waals surface area (Å²) in [5.74, 6) is 0. The first-order valence-electron chi connectivity index (χ1n) is 12.9. The molecule has 4 atom stereocenters. The van der Waals surface area contributed by atoms with Gasteiger partial charge in [0.15, 0.2) is 0 Å². The molecule has 0 aliphatic carbocycles. The average Bonchev–Trinajstić information content (AvgIpc) is 2.75. The Labute approximate surface area is 185 Å². The predicted octanol–water partition coefficient (Wildman–Crippen LogP) is 5.14. The van der Waals surface area contributed by atoms with Crippen LogP contribution in [0.1, 0.15) is 116 Å². The molecular weight excluding hydrogens is 380 g/mol. The molecular formula is C25H50O5. The second-order valence-corrected chi connectivity index (χ2v) is 9.10. The largest absolute Gasteiger partial charge is 0.394 e. The summed E-state index contributed by atoms with van der Waals surface area (Å²) in [5.41, 5.74) is 0. The van der Waals surface area contributed by atoms with Crippen molar-refractivity contribution in [1.29, 1.82) is 0 Å². The van der Waals surface area contributed by atoms with E-state index in [2.05, 4.69) is 6.92 Å². The van der Waals surface area contributed by atoms with Gasteiger partial charge in [0, 0.05) is 6.61 Å². The van der Waals surface area contributed by atoms with Crippen molar-refractivity contribution in [1.82, 2.24) is 0 Å². The molecule has 0 amide bonds. The summed E-state index contributed by atoms with van der Waals surface area (Å²) in [7, 11) is 0. The first kappa shape index (κ1) is 27.8. The Hall–Kier alpha value is -0.200. The van der Waals surface area contributed by atoms with Gasteiger partial charge >= 0.3 is 0 Å². The van der Waals surface area contributed by atoms with Crippen molar-refractivity contribution in [3.05, 3.63) is 0 Å². The molecule has 1 rings (SSSR count). The van der Waals surface area contributed by atoms with E-state index in [0.717, 1.165) is 12.8 Å². The Balaban J connectivity index is 1.81. The summed E-state index contributed by atoms with van der Waals surface area (Å²) in [6.45, 7) is 2.66. The van der Waals surface area contributed by atoms with Crippen LogP contribution in [0.25, 0.3) is 0 Å². The van der Waals surface area contributed by atoms with Gasteiger partial charge in [-0.1, -0.05) is 110 Å². The van der Waals surface area contributed by atoms with Crippen LogP contribution in [0.3, 0.4) is 0 Å². The number of rotatable bonds is 20. The van der Waals surface area contributed by atoms with E-state index in [0.29, 0.717) is 6.61 Å². The molecule has 0 saturated carbocycles. The number of hydrogen-bond acceptors (Lipinski definition) is 5. The summed E-state index contributed by atoms with van der Waals surface area (Å²) < 4.78 is 11.0. The fourth-order valence-corrected chi connectivity index (χ4v) is 4.26. The van der Waals surface area contributed by atoms with Crippen molar-refractivity contribution in [2.24, 2.45) is 0 Å². The molecule has 3 N–H and O–H groups in total. The van der Waals surface area contributed by atoms with E-state index < -0.39 is 24.4 Å². The summed E-state index contributed by atoms with van der Waals surface area (Å²) in [5, 5.41) is 29.0. The molecule has 0 bridgehead atoms. The molecule has 5 nitrogen and oxygen atoms in total. The lowest BCUT2D eigenvalue weighted by Crippen LogP contribution is -2.55. The third-order valence-electron chi connectivity index (χ3n) is 6.32. The second-order valence-electron chi connectivity index (χ2n) is 9.10. The van der Waals surface area contributed by atoms with Gasteiger partial charge in [-0.15, -0.1) is 0 Å². The topological polar surface area (TPSA) is 79.2 Å². The molecule has 0 spiro atoms. The molecule has 180 valence electrons. The number of aliphatic hydroxyl groups excluding tert-OH is 3.